The van der Waals surface area contributed by atoms with E-state index in [0.29, 0.717) is 19.3 Å². The molecule has 0 radical (unpaired) electrons. The number of carbonyl (C=O) groups excluding carboxylic acids is 3. The van der Waals surface area contributed by atoms with Crippen molar-refractivity contribution in [3.8, 4) is 0 Å². The second kappa shape index (κ2) is 56.4. The van der Waals surface area contributed by atoms with Gasteiger partial charge < -0.3 is 14.2 Å². The van der Waals surface area contributed by atoms with E-state index in [1.807, 2.05) is 24.3 Å². The molecule has 0 aliphatic heterocycles. The van der Waals surface area contributed by atoms with E-state index in [9.17, 15) is 14.4 Å². The van der Waals surface area contributed by atoms with Gasteiger partial charge in [-0.25, -0.2) is 0 Å². The molecule has 6 heteroatoms. The second-order valence-electron chi connectivity index (χ2n) is 19.3. The van der Waals surface area contributed by atoms with Crippen LogP contribution in [0.4, 0.5) is 0 Å². The standard InChI is InChI=1S/C62H108O6/c1-4-7-10-13-16-19-22-25-27-29-31-33-34-37-40-43-46-49-52-55-61(64)67-58-59(57-66-60(63)54-51-48-45-42-39-36-24-21-18-15-12-9-6-3)68-62(65)56-53-50-47-44-41-38-35-32-30-28-26-23-20-17-14-11-8-5-2/h11,14,17,20,23,26,28,30,32,35-36,39,59H,4-10,12-13,15-16,18-19,21-22,24-25,27,29,31,33-34,37-38,40-58H2,1-3H3/b14-11-,20-17-,26-23-,30-28-,35-32-,39-36-. The molecule has 0 amide bonds. The Bertz CT molecular complexity index is 1270. The van der Waals surface area contributed by atoms with Crippen molar-refractivity contribution >= 4 is 17.9 Å². The molecule has 392 valence electrons. The van der Waals surface area contributed by atoms with Crippen LogP contribution in [0.3, 0.4) is 0 Å². The van der Waals surface area contributed by atoms with Crippen molar-refractivity contribution < 1.29 is 28.6 Å². The van der Waals surface area contributed by atoms with Gasteiger partial charge in [0.05, 0.1) is 0 Å². The second-order valence-corrected chi connectivity index (χ2v) is 19.3. The van der Waals surface area contributed by atoms with E-state index >= 15 is 0 Å². The van der Waals surface area contributed by atoms with E-state index in [0.717, 1.165) is 96.3 Å². The fourth-order valence-electron chi connectivity index (χ4n) is 8.17. The fraction of sp³-hybridized carbons (Fsp3) is 0.758. The molecule has 0 aliphatic rings. The van der Waals surface area contributed by atoms with Gasteiger partial charge in [-0.1, -0.05) is 273 Å². The third-order valence-corrected chi connectivity index (χ3v) is 12.5. The highest BCUT2D eigenvalue weighted by atomic mass is 16.6. The molecule has 0 saturated heterocycles. The van der Waals surface area contributed by atoms with Crippen molar-refractivity contribution in [1.82, 2.24) is 0 Å². The van der Waals surface area contributed by atoms with Gasteiger partial charge in [0.15, 0.2) is 6.10 Å². The number of rotatable bonds is 52. The Morgan fingerprint density at radius 1 is 0.294 bits per heavy atom. The topological polar surface area (TPSA) is 78.9 Å². The zero-order chi connectivity index (χ0) is 49.3. The molecule has 0 saturated carbocycles. The summed E-state index contributed by atoms with van der Waals surface area (Å²) in [6.45, 7) is 6.54. The van der Waals surface area contributed by atoms with Crippen LogP contribution in [0.5, 0.6) is 0 Å². The zero-order valence-corrected chi connectivity index (χ0v) is 44.9. The average Bonchev–Trinajstić information content (AvgIpc) is 3.34. The summed E-state index contributed by atoms with van der Waals surface area (Å²) in [6, 6.07) is 0. The summed E-state index contributed by atoms with van der Waals surface area (Å²) in [5.74, 6) is -0.920. The van der Waals surface area contributed by atoms with E-state index < -0.39 is 6.10 Å². The molecule has 0 heterocycles. The highest BCUT2D eigenvalue weighted by Gasteiger charge is 2.19. The molecule has 0 aliphatic carbocycles. The molecule has 0 bridgehead atoms. The van der Waals surface area contributed by atoms with Crippen molar-refractivity contribution in [1.29, 1.82) is 0 Å². The first kappa shape index (κ1) is 64.8. The van der Waals surface area contributed by atoms with Crippen LogP contribution in [0.15, 0.2) is 72.9 Å². The quantitative estimate of drug-likeness (QED) is 0.0199. The molecule has 0 aromatic heterocycles. The third kappa shape index (κ3) is 53.8. The first-order valence-electron chi connectivity index (χ1n) is 29.0. The van der Waals surface area contributed by atoms with E-state index in [2.05, 4.69) is 69.4 Å². The fourth-order valence-corrected chi connectivity index (χ4v) is 8.17. The van der Waals surface area contributed by atoms with E-state index in [4.69, 9.17) is 14.2 Å². The van der Waals surface area contributed by atoms with Crippen LogP contribution in [0.1, 0.15) is 284 Å². The van der Waals surface area contributed by atoms with Crippen LogP contribution in [0.25, 0.3) is 0 Å². The minimum absolute atomic E-state index is 0.0885. The summed E-state index contributed by atoms with van der Waals surface area (Å²) in [6.07, 6.45) is 71.7. The number of unbranched alkanes of at least 4 members (excludes halogenated alkanes) is 33. The Kier molecular flexibility index (Phi) is 53.8. The lowest BCUT2D eigenvalue weighted by Crippen LogP contribution is -2.30. The number of hydrogen-bond donors (Lipinski definition) is 0. The molecular weight excluding hydrogens is 841 g/mol. The number of esters is 3. The maximum absolute atomic E-state index is 12.8. The Labute approximate surface area is 421 Å². The largest absolute Gasteiger partial charge is 0.462 e. The first-order valence-corrected chi connectivity index (χ1v) is 29.0. The Morgan fingerprint density at radius 3 is 0.941 bits per heavy atom. The normalized spacial score (nSPS) is 12.6. The lowest BCUT2D eigenvalue weighted by molar-refractivity contribution is -0.167. The van der Waals surface area contributed by atoms with Crippen LogP contribution in [0, 0.1) is 0 Å². The summed E-state index contributed by atoms with van der Waals surface area (Å²) in [5.41, 5.74) is 0. The Morgan fingerprint density at radius 2 is 0.574 bits per heavy atom. The van der Waals surface area contributed by atoms with Gasteiger partial charge in [-0.05, 0) is 64.2 Å². The SMILES string of the molecule is CCC\C=C/C=C\C=C/C=C\C=C/CCCCCCCC(=O)OC(COC(=O)CCCCC/C=C\CCCCCCCC)COC(=O)CCCCCCCCCCCCCCCCCCCCC. The Balaban J connectivity index is 4.41. The highest BCUT2D eigenvalue weighted by molar-refractivity contribution is 5.71. The molecule has 0 spiro atoms. The maximum atomic E-state index is 12.8. The smallest absolute Gasteiger partial charge is 0.306 e. The third-order valence-electron chi connectivity index (χ3n) is 12.5. The summed E-state index contributed by atoms with van der Waals surface area (Å²) in [7, 11) is 0. The first-order chi connectivity index (χ1) is 33.5. The van der Waals surface area contributed by atoms with Crippen LogP contribution < -0.4 is 0 Å². The van der Waals surface area contributed by atoms with Gasteiger partial charge in [0, 0.05) is 19.3 Å². The van der Waals surface area contributed by atoms with Crippen LogP contribution >= 0.6 is 0 Å². The molecule has 1 atom stereocenters. The van der Waals surface area contributed by atoms with Crippen molar-refractivity contribution in [3.63, 3.8) is 0 Å². The van der Waals surface area contributed by atoms with Gasteiger partial charge in [0.25, 0.3) is 0 Å². The minimum atomic E-state index is -0.794. The molecule has 0 aromatic rings. The lowest BCUT2D eigenvalue weighted by Gasteiger charge is -2.18. The predicted octanol–water partition coefficient (Wildman–Crippen LogP) is 19.4. The average molecular weight is 950 g/mol. The number of hydrogen-bond acceptors (Lipinski definition) is 6. The summed E-state index contributed by atoms with van der Waals surface area (Å²) < 4.78 is 16.8. The highest BCUT2D eigenvalue weighted by Crippen LogP contribution is 2.16. The van der Waals surface area contributed by atoms with Gasteiger partial charge >= 0.3 is 17.9 Å². The van der Waals surface area contributed by atoms with Crippen LogP contribution in [-0.4, -0.2) is 37.2 Å². The van der Waals surface area contributed by atoms with E-state index in [-0.39, 0.29) is 31.1 Å². The molecule has 6 nitrogen and oxygen atoms in total. The van der Waals surface area contributed by atoms with Crippen molar-refractivity contribution in [2.24, 2.45) is 0 Å². The van der Waals surface area contributed by atoms with Gasteiger partial charge in [0.1, 0.15) is 13.2 Å². The molecule has 1 unspecified atom stereocenters. The monoisotopic (exact) mass is 949 g/mol. The van der Waals surface area contributed by atoms with Gasteiger partial charge in [-0.2, -0.15) is 0 Å². The van der Waals surface area contributed by atoms with Gasteiger partial charge in [0.2, 0.25) is 0 Å². The molecule has 0 N–H and O–H groups in total. The van der Waals surface area contributed by atoms with Gasteiger partial charge in [-0.15, -0.1) is 0 Å². The maximum Gasteiger partial charge on any atom is 0.306 e. The molecule has 0 rings (SSSR count). The van der Waals surface area contributed by atoms with E-state index in [1.54, 1.807) is 0 Å². The molecule has 68 heavy (non-hydrogen) atoms. The summed E-state index contributed by atoms with van der Waals surface area (Å²) >= 11 is 0. The van der Waals surface area contributed by atoms with Crippen LogP contribution in [-0.2, 0) is 28.6 Å². The van der Waals surface area contributed by atoms with Crippen molar-refractivity contribution in [3.05, 3.63) is 72.9 Å². The number of ether oxygens (including phenoxy) is 3. The van der Waals surface area contributed by atoms with Crippen molar-refractivity contribution in [2.75, 3.05) is 13.2 Å². The Hall–Kier alpha value is -3.15. The molecule has 0 aromatic carbocycles. The van der Waals surface area contributed by atoms with Crippen molar-refractivity contribution in [2.45, 2.75) is 290 Å². The molecular formula is C62H108O6. The lowest BCUT2D eigenvalue weighted by atomic mass is 10.0. The van der Waals surface area contributed by atoms with Gasteiger partial charge in [-0.3, -0.25) is 14.4 Å². The number of allylic oxidation sites excluding steroid dienone is 12. The summed E-state index contributed by atoms with van der Waals surface area (Å²) in [5, 5.41) is 0. The molecule has 0 fully saturated rings. The zero-order valence-electron chi connectivity index (χ0n) is 44.9. The summed E-state index contributed by atoms with van der Waals surface area (Å²) in [4.78, 5) is 38.1. The van der Waals surface area contributed by atoms with Crippen LogP contribution in [0.2, 0.25) is 0 Å². The predicted molar refractivity (Wildman–Crippen MR) is 293 cm³/mol. The van der Waals surface area contributed by atoms with E-state index in [1.165, 1.54) is 148 Å². The minimum Gasteiger partial charge on any atom is -0.462 e. The number of carbonyl (C=O) groups is 3.